The molecule has 0 spiro atoms. The van der Waals surface area contributed by atoms with Crippen LogP contribution in [0.2, 0.25) is 0 Å². The Morgan fingerprint density at radius 3 is 2.88 bits per heavy atom. The second kappa shape index (κ2) is 5.86. The Bertz CT molecular complexity index is 376. The van der Waals surface area contributed by atoms with Gasteiger partial charge in [-0.1, -0.05) is 0 Å². The molecule has 88 valence electrons. The van der Waals surface area contributed by atoms with Crippen molar-refractivity contribution in [2.75, 3.05) is 6.54 Å². The maximum Gasteiger partial charge on any atom is 0.265 e. The van der Waals surface area contributed by atoms with Crippen molar-refractivity contribution in [1.29, 1.82) is 0 Å². The van der Waals surface area contributed by atoms with E-state index in [2.05, 4.69) is 26.2 Å². The van der Waals surface area contributed by atoms with Crippen molar-refractivity contribution in [2.45, 2.75) is 12.5 Å². The number of aromatic nitrogens is 1. The molecule has 0 aromatic carbocycles. The Morgan fingerprint density at radius 1 is 1.62 bits per heavy atom. The lowest BCUT2D eigenvalue weighted by Crippen LogP contribution is -2.36. The smallest absolute Gasteiger partial charge is 0.265 e. The highest BCUT2D eigenvalue weighted by Gasteiger charge is 2.18. The molecule has 0 saturated heterocycles. The number of aliphatic hydroxyl groups is 1. The highest BCUT2D eigenvalue weighted by atomic mass is 79.9. The topological polar surface area (TPSA) is 62.2 Å². The summed E-state index contributed by atoms with van der Waals surface area (Å²) in [6.07, 6.45) is -3.26. The Hall–Kier alpha value is -1.08. The number of rotatable bonds is 4. The van der Waals surface area contributed by atoms with E-state index in [0.717, 1.165) is 0 Å². The van der Waals surface area contributed by atoms with Gasteiger partial charge >= 0.3 is 0 Å². The molecule has 0 saturated carbocycles. The highest BCUT2D eigenvalue weighted by Crippen LogP contribution is 2.12. The van der Waals surface area contributed by atoms with Crippen molar-refractivity contribution in [3.8, 4) is 0 Å². The molecule has 2 N–H and O–H groups in total. The number of nitrogens with zero attached hydrogens (tertiary/aromatic N) is 1. The number of halogens is 3. The summed E-state index contributed by atoms with van der Waals surface area (Å²) in [4.78, 5) is 15.3. The van der Waals surface area contributed by atoms with Crippen LogP contribution in [-0.2, 0) is 0 Å². The lowest BCUT2D eigenvalue weighted by Gasteiger charge is -2.10. The van der Waals surface area contributed by atoms with Crippen LogP contribution in [0.4, 0.5) is 8.78 Å². The van der Waals surface area contributed by atoms with Crippen LogP contribution in [0, 0.1) is 0 Å². The SMILES string of the molecule is O=C(NCC(O)C(F)F)c1cccnc1Br. The first-order valence-corrected chi connectivity index (χ1v) is 5.16. The number of carbonyl (C=O) groups is 1. The zero-order valence-corrected chi connectivity index (χ0v) is 9.62. The summed E-state index contributed by atoms with van der Waals surface area (Å²) in [6.45, 7) is -0.502. The summed E-state index contributed by atoms with van der Waals surface area (Å²) in [6, 6.07) is 3.03. The van der Waals surface area contributed by atoms with Gasteiger partial charge in [-0.05, 0) is 28.1 Å². The predicted octanol–water partition coefficient (Wildman–Crippen LogP) is 1.20. The number of pyridine rings is 1. The van der Waals surface area contributed by atoms with Crippen LogP contribution in [-0.4, -0.2) is 35.1 Å². The van der Waals surface area contributed by atoms with Crippen LogP contribution in [0.1, 0.15) is 10.4 Å². The molecule has 1 aromatic rings. The molecular weight excluding hydrogens is 286 g/mol. The minimum absolute atomic E-state index is 0.226. The van der Waals surface area contributed by atoms with E-state index in [1.807, 2.05) is 0 Å². The van der Waals surface area contributed by atoms with Crippen molar-refractivity contribution in [1.82, 2.24) is 10.3 Å². The normalized spacial score (nSPS) is 12.6. The number of amides is 1. The Morgan fingerprint density at radius 2 is 2.31 bits per heavy atom. The summed E-state index contributed by atoms with van der Waals surface area (Å²) >= 11 is 3.05. The van der Waals surface area contributed by atoms with E-state index in [1.54, 1.807) is 6.07 Å². The number of nitrogens with one attached hydrogen (secondary N) is 1. The Balaban J connectivity index is 2.57. The number of alkyl halides is 2. The van der Waals surface area contributed by atoms with Gasteiger partial charge in [-0.3, -0.25) is 4.79 Å². The number of aliphatic hydroxyl groups excluding tert-OH is 1. The van der Waals surface area contributed by atoms with E-state index < -0.39 is 25.0 Å². The van der Waals surface area contributed by atoms with Crippen LogP contribution in [0.15, 0.2) is 22.9 Å². The van der Waals surface area contributed by atoms with Gasteiger partial charge in [0.05, 0.1) is 5.56 Å². The van der Waals surface area contributed by atoms with E-state index in [1.165, 1.54) is 12.3 Å². The predicted molar refractivity (Wildman–Crippen MR) is 56.3 cm³/mol. The summed E-state index contributed by atoms with van der Waals surface area (Å²) < 4.78 is 24.2. The van der Waals surface area contributed by atoms with Gasteiger partial charge in [0.15, 0.2) is 0 Å². The van der Waals surface area contributed by atoms with Crippen LogP contribution >= 0.6 is 15.9 Å². The summed E-state index contributed by atoms with van der Waals surface area (Å²) in [5, 5.41) is 11.0. The van der Waals surface area contributed by atoms with Gasteiger partial charge in [0.2, 0.25) is 0 Å². The van der Waals surface area contributed by atoms with Crippen molar-refractivity contribution in [2.24, 2.45) is 0 Å². The molecule has 0 aliphatic heterocycles. The molecular formula is C9H9BrF2N2O2. The lowest BCUT2D eigenvalue weighted by atomic mass is 10.2. The molecule has 1 aromatic heterocycles. The molecule has 0 aliphatic carbocycles. The van der Waals surface area contributed by atoms with Crippen LogP contribution in [0.3, 0.4) is 0 Å². The number of hydrogen-bond donors (Lipinski definition) is 2. The largest absolute Gasteiger partial charge is 0.385 e. The number of hydrogen-bond acceptors (Lipinski definition) is 3. The Labute approximate surface area is 98.8 Å². The van der Waals surface area contributed by atoms with Crippen molar-refractivity contribution in [3.05, 3.63) is 28.5 Å². The third-order valence-electron chi connectivity index (χ3n) is 1.77. The van der Waals surface area contributed by atoms with Gasteiger partial charge in [-0.15, -0.1) is 0 Å². The molecule has 1 atom stereocenters. The van der Waals surface area contributed by atoms with Gasteiger partial charge in [-0.2, -0.15) is 0 Å². The van der Waals surface area contributed by atoms with E-state index in [0.29, 0.717) is 4.60 Å². The molecule has 1 amide bonds. The molecule has 1 unspecified atom stereocenters. The van der Waals surface area contributed by atoms with Crippen molar-refractivity contribution < 1.29 is 18.7 Å². The van der Waals surface area contributed by atoms with Crippen LogP contribution < -0.4 is 5.32 Å². The summed E-state index contributed by atoms with van der Waals surface area (Å²) in [5.74, 6) is -0.570. The maximum absolute atomic E-state index is 11.9. The first kappa shape index (κ1) is 13.0. The first-order chi connectivity index (χ1) is 7.52. The summed E-state index contributed by atoms with van der Waals surface area (Å²) in [5.41, 5.74) is 0.226. The Kier molecular flexibility index (Phi) is 4.75. The molecule has 16 heavy (non-hydrogen) atoms. The fraction of sp³-hybridized carbons (Fsp3) is 0.333. The van der Waals surface area contributed by atoms with E-state index in [-0.39, 0.29) is 5.56 Å². The van der Waals surface area contributed by atoms with Crippen molar-refractivity contribution in [3.63, 3.8) is 0 Å². The van der Waals surface area contributed by atoms with Crippen molar-refractivity contribution >= 4 is 21.8 Å². The quantitative estimate of drug-likeness (QED) is 0.821. The molecule has 7 heteroatoms. The molecule has 4 nitrogen and oxygen atoms in total. The third kappa shape index (κ3) is 3.49. The molecule has 1 rings (SSSR count). The maximum atomic E-state index is 11.9. The second-order valence-electron chi connectivity index (χ2n) is 2.95. The van der Waals surface area contributed by atoms with Crippen LogP contribution in [0.5, 0.6) is 0 Å². The van der Waals surface area contributed by atoms with E-state index in [4.69, 9.17) is 5.11 Å². The molecule has 0 fully saturated rings. The van der Waals surface area contributed by atoms with E-state index >= 15 is 0 Å². The highest BCUT2D eigenvalue weighted by molar-refractivity contribution is 9.10. The first-order valence-electron chi connectivity index (χ1n) is 4.37. The lowest BCUT2D eigenvalue weighted by molar-refractivity contribution is -0.00270. The fourth-order valence-corrected chi connectivity index (χ4v) is 1.37. The minimum atomic E-state index is -2.88. The average molecular weight is 295 g/mol. The average Bonchev–Trinajstić information content (AvgIpc) is 2.25. The van der Waals surface area contributed by atoms with Crippen LogP contribution in [0.25, 0.3) is 0 Å². The van der Waals surface area contributed by atoms with E-state index in [9.17, 15) is 13.6 Å². The third-order valence-corrected chi connectivity index (χ3v) is 2.40. The molecule has 0 aliphatic rings. The van der Waals surface area contributed by atoms with Gasteiger partial charge in [0.25, 0.3) is 12.3 Å². The van der Waals surface area contributed by atoms with Gasteiger partial charge in [0.1, 0.15) is 10.7 Å². The molecule has 0 bridgehead atoms. The van der Waals surface area contributed by atoms with Gasteiger partial charge in [-0.25, -0.2) is 13.8 Å². The number of carbonyl (C=O) groups excluding carboxylic acids is 1. The zero-order chi connectivity index (χ0) is 12.1. The van der Waals surface area contributed by atoms with Gasteiger partial charge < -0.3 is 10.4 Å². The monoisotopic (exact) mass is 294 g/mol. The summed E-state index contributed by atoms with van der Waals surface area (Å²) in [7, 11) is 0. The standard InChI is InChI=1S/C9H9BrF2N2O2/c10-7-5(2-1-3-13-7)9(16)14-4-6(15)8(11)12/h1-3,6,8,15H,4H2,(H,14,16). The minimum Gasteiger partial charge on any atom is -0.385 e. The molecule has 0 radical (unpaired) electrons. The zero-order valence-electron chi connectivity index (χ0n) is 8.03. The molecule has 1 heterocycles. The fourth-order valence-electron chi connectivity index (χ4n) is 0.937. The second-order valence-corrected chi connectivity index (χ2v) is 3.70. The van der Waals surface area contributed by atoms with Gasteiger partial charge in [0, 0.05) is 12.7 Å².